The van der Waals surface area contributed by atoms with Crippen LogP contribution < -0.4 is 10.2 Å². The van der Waals surface area contributed by atoms with Gasteiger partial charge in [0.25, 0.3) is 0 Å². The van der Waals surface area contributed by atoms with Gasteiger partial charge >= 0.3 is 0 Å². The zero-order chi connectivity index (χ0) is 14.7. The van der Waals surface area contributed by atoms with E-state index in [1.807, 2.05) is 21.1 Å². The molecule has 1 N–H and O–H groups in total. The van der Waals surface area contributed by atoms with Crippen LogP contribution in [0.5, 0.6) is 0 Å². The normalized spacial score (nSPS) is 14.4. The average molecular weight is 275 g/mol. The molecule has 1 aromatic carbocycles. The van der Waals surface area contributed by atoms with Gasteiger partial charge in [-0.3, -0.25) is 9.69 Å². The van der Waals surface area contributed by atoms with E-state index in [0.29, 0.717) is 19.1 Å². The Morgan fingerprint density at radius 2 is 2.00 bits per heavy atom. The molecule has 0 aromatic heterocycles. The standard InChI is InChI=1S/C16H25N3O/c1-12-9-13(5-8-15(12)18(2)3)10-17-16(20)11-19(4)14-6-7-14/h5,8-9,14H,6-7,10-11H2,1-4H3,(H,17,20). The summed E-state index contributed by atoms with van der Waals surface area (Å²) in [6.45, 7) is 3.20. The van der Waals surface area contributed by atoms with Crippen molar-refractivity contribution in [1.29, 1.82) is 0 Å². The third kappa shape index (κ3) is 3.97. The van der Waals surface area contributed by atoms with Crippen molar-refractivity contribution in [3.05, 3.63) is 29.3 Å². The molecule has 0 saturated heterocycles. The zero-order valence-corrected chi connectivity index (χ0v) is 12.9. The van der Waals surface area contributed by atoms with Gasteiger partial charge in [0.15, 0.2) is 0 Å². The molecule has 1 aliphatic carbocycles. The van der Waals surface area contributed by atoms with Crippen molar-refractivity contribution in [1.82, 2.24) is 10.2 Å². The van der Waals surface area contributed by atoms with Gasteiger partial charge in [0.1, 0.15) is 0 Å². The molecule has 20 heavy (non-hydrogen) atoms. The molecule has 0 spiro atoms. The van der Waals surface area contributed by atoms with E-state index in [1.54, 1.807) is 0 Å². The Balaban J connectivity index is 1.84. The highest BCUT2D eigenvalue weighted by molar-refractivity contribution is 5.78. The van der Waals surface area contributed by atoms with Gasteiger partial charge in [-0.2, -0.15) is 0 Å². The molecule has 110 valence electrons. The summed E-state index contributed by atoms with van der Waals surface area (Å²) < 4.78 is 0. The minimum absolute atomic E-state index is 0.105. The SMILES string of the molecule is Cc1cc(CNC(=O)CN(C)C2CC2)ccc1N(C)C. The van der Waals surface area contributed by atoms with E-state index in [1.165, 1.54) is 24.1 Å². The molecular formula is C16H25N3O. The highest BCUT2D eigenvalue weighted by atomic mass is 16.2. The lowest BCUT2D eigenvalue weighted by atomic mass is 10.1. The molecule has 1 aromatic rings. The van der Waals surface area contributed by atoms with E-state index in [4.69, 9.17) is 0 Å². The fourth-order valence-corrected chi connectivity index (χ4v) is 2.46. The first-order chi connectivity index (χ1) is 9.47. The lowest BCUT2D eigenvalue weighted by Gasteiger charge is -2.17. The van der Waals surface area contributed by atoms with Crippen LogP contribution in [0.2, 0.25) is 0 Å². The number of rotatable bonds is 6. The number of carbonyl (C=O) groups is 1. The second-order valence-electron chi connectivity index (χ2n) is 5.94. The van der Waals surface area contributed by atoms with E-state index >= 15 is 0 Å². The minimum atomic E-state index is 0.105. The zero-order valence-electron chi connectivity index (χ0n) is 12.9. The fourth-order valence-electron chi connectivity index (χ4n) is 2.46. The van der Waals surface area contributed by atoms with Crippen LogP contribution in [-0.4, -0.2) is 44.5 Å². The Bertz CT molecular complexity index is 481. The first kappa shape index (κ1) is 14.9. The summed E-state index contributed by atoms with van der Waals surface area (Å²) in [6.07, 6.45) is 2.46. The molecule has 0 radical (unpaired) electrons. The summed E-state index contributed by atoms with van der Waals surface area (Å²) in [5.74, 6) is 0.105. The molecule has 1 saturated carbocycles. The maximum absolute atomic E-state index is 11.9. The third-order valence-corrected chi connectivity index (χ3v) is 3.80. The molecule has 4 nitrogen and oxygen atoms in total. The molecule has 1 amide bonds. The Morgan fingerprint density at radius 1 is 1.30 bits per heavy atom. The molecule has 0 heterocycles. The topological polar surface area (TPSA) is 35.6 Å². The Labute approximate surface area is 121 Å². The second kappa shape index (κ2) is 6.27. The van der Waals surface area contributed by atoms with E-state index in [-0.39, 0.29) is 5.91 Å². The Kier molecular flexibility index (Phi) is 4.65. The number of hydrogen-bond donors (Lipinski definition) is 1. The lowest BCUT2D eigenvalue weighted by molar-refractivity contribution is -0.122. The molecule has 2 rings (SSSR count). The largest absolute Gasteiger partial charge is 0.377 e. The van der Waals surface area contributed by atoms with Gasteiger partial charge in [0.05, 0.1) is 6.54 Å². The molecule has 1 fully saturated rings. The van der Waals surface area contributed by atoms with Crippen LogP contribution in [0.3, 0.4) is 0 Å². The van der Waals surface area contributed by atoms with Crippen LogP contribution in [0.15, 0.2) is 18.2 Å². The number of likely N-dealkylation sites (N-methyl/N-ethyl adjacent to an activating group) is 1. The molecular weight excluding hydrogens is 250 g/mol. The summed E-state index contributed by atoms with van der Waals surface area (Å²) in [5, 5.41) is 2.99. The highest BCUT2D eigenvalue weighted by Gasteiger charge is 2.27. The molecule has 0 unspecified atom stereocenters. The van der Waals surface area contributed by atoms with Crippen molar-refractivity contribution in [2.45, 2.75) is 32.4 Å². The van der Waals surface area contributed by atoms with Crippen molar-refractivity contribution in [2.24, 2.45) is 0 Å². The van der Waals surface area contributed by atoms with Gasteiger partial charge in [-0.1, -0.05) is 12.1 Å². The summed E-state index contributed by atoms with van der Waals surface area (Å²) in [4.78, 5) is 16.1. The summed E-state index contributed by atoms with van der Waals surface area (Å²) in [7, 11) is 6.10. The van der Waals surface area contributed by atoms with Gasteiger partial charge in [0, 0.05) is 32.4 Å². The van der Waals surface area contributed by atoms with Crippen LogP contribution >= 0.6 is 0 Å². The van der Waals surface area contributed by atoms with E-state index < -0.39 is 0 Å². The van der Waals surface area contributed by atoms with E-state index in [0.717, 1.165) is 5.56 Å². The van der Waals surface area contributed by atoms with Crippen molar-refractivity contribution < 1.29 is 4.79 Å². The van der Waals surface area contributed by atoms with Crippen LogP contribution in [0.1, 0.15) is 24.0 Å². The number of hydrogen-bond acceptors (Lipinski definition) is 3. The van der Waals surface area contributed by atoms with Crippen molar-refractivity contribution in [2.75, 3.05) is 32.6 Å². The van der Waals surface area contributed by atoms with E-state index in [9.17, 15) is 4.79 Å². The van der Waals surface area contributed by atoms with Crippen LogP contribution in [0.25, 0.3) is 0 Å². The van der Waals surface area contributed by atoms with Gasteiger partial charge in [0.2, 0.25) is 5.91 Å². The summed E-state index contributed by atoms with van der Waals surface area (Å²) in [6, 6.07) is 6.95. The number of nitrogens with one attached hydrogen (secondary N) is 1. The number of amides is 1. The van der Waals surface area contributed by atoms with Crippen LogP contribution in [0.4, 0.5) is 5.69 Å². The molecule has 0 bridgehead atoms. The van der Waals surface area contributed by atoms with Gasteiger partial charge in [-0.05, 0) is 44.0 Å². The third-order valence-electron chi connectivity index (χ3n) is 3.80. The summed E-state index contributed by atoms with van der Waals surface area (Å²) >= 11 is 0. The van der Waals surface area contributed by atoms with Gasteiger partial charge in [-0.25, -0.2) is 0 Å². The predicted molar refractivity (Wildman–Crippen MR) is 83.0 cm³/mol. The molecule has 0 atom stereocenters. The minimum Gasteiger partial charge on any atom is -0.377 e. The van der Waals surface area contributed by atoms with Crippen molar-refractivity contribution >= 4 is 11.6 Å². The number of aryl methyl sites for hydroxylation is 1. The number of anilines is 1. The smallest absolute Gasteiger partial charge is 0.234 e. The maximum Gasteiger partial charge on any atom is 0.234 e. The lowest BCUT2D eigenvalue weighted by Crippen LogP contribution is -2.35. The second-order valence-corrected chi connectivity index (χ2v) is 5.94. The Morgan fingerprint density at radius 3 is 2.55 bits per heavy atom. The van der Waals surface area contributed by atoms with Gasteiger partial charge in [-0.15, -0.1) is 0 Å². The first-order valence-electron chi connectivity index (χ1n) is 7.21. The number of benzene rings is 1. The fraction of sp³-hybridized carbons (Fsp3) is 0.562. The highest BCUT2D eigenvalue weighted by Crippen LogP contribution is 2.24. The molecule has 4 heteroatoms. The molecule has 1 aliphatic rings. The van der Waals surface area contributed by atoms with Gasteiger partial charge < -0.3 is 10.2 Å². The van der Waals surface area contributed by atoms with E-state index in [2.05, 4.69) is 40.2 Å². The van der Waals surface area contributed by atoms with Crippen molar-refractivity contribution in [3.63, 3.8) is 0 Å². The Hall–Kier alpha value is -1.55. The number of nitrogens with zero attached hydrogens (tertiary/aromatic N) is 2. The monoisotopic (exact) mass is 275 g/mol. The molecule has 0 aliphatic heterocycles. The quantitative estimate of drug-likeness (QED) is 0.859. The van der Waals surface area contributed by atoms with Crippen LogP contribution in [-0.2, 0) is 11.3 Å². The average Bonchev–Trinajstić information content (AvgIpc) is 3.20. The van der Waals surface area contributed by atoms with Crippen LogP contribution in [0, 0.1) is 6.92 Å². The van der Waals surface area contributed by atoms with Crippen molar-refractivity contribution in [3.8, 4) is 0 Å². The first-order valence-corrected chi connectivity index (χ1v) is 7.21. The number of carbonyl (C=O) groups excluding carboxylic acids is 1. The maximum atomic E-state index is 11.9. The predicted octanol–water partition coefficient (Wildman–Crippen LogP) is 1.77. The summed E-state index contributed by atoms with van der Waals surface area (Å²) in [5.41, 5.74) is 3.60.